The maximum atomic E-state index is 13.6. The Morgan fingerprint density at radius 2 is 1.63 bits per heavy atom. The van der Waals surface area contributed by atoms with Crippen molar-refractivity contribution in [1.82, 2.24) is 21.3 Å². The second-order valence-electron chi connectivity index (χ2n) is 11.7. The topological polar surface area (TPSA) is 261 Å². The normalized spacial score (nSPS) is 20.8. The van der Waals surface area contributed by atoms with E-state index < -0.39 is 41.8 Å². The fraction of sp³-hybridized carbons (Fsp3) is 0.500. The van der Waals surface area contributed by atoms with Gasteiger partial charge >= 0.3 is 0 Å². The first-order valence-electron chi connectivity index (χ1n) is 15.7. The molecular weight excluding hydrogens is 592 g/mol. The fourth-order valence-corrected chi connectivity index (χ4v) is 5.30. The summed E-state index contributed by atoms with van der Waals surface area (Å²) in [6, 6.07) is 6.19. The summed E-state index contributed by atoms with van der Waals surface area (Å²) < 4.78 is 0. The van der Waals surface area contributed by atoms with Gasteiger partial charge in [-0.05, 0) is 85.3 Å². The van der Waals surface area contributed by atoms with Crippen LogP contribution in [0.2, 0.25) is 0 Å². The van der Waals surface area contributed by atoms with Gasteiger partial charge in [0.15, 0.2) is 0 Å². The van der Waals surface area contributed by atoms with Crippen molar-refractivity contribution in [3.05, 3.63) is 47.5 Å². The van der Waals surface area contributed by atoms with Crippen LogP contribution in [0.4, 0.5) is 0 Å². The van der Waals surface area contributed by atoms with Gasteiger partial charge in [-0.25, -0.2) is 0 Å². The van der Waals surface area contributed by atoms with E-state index in [0.717, 1.165) is 6.42 Å². The Morgan fingerprint density at radius 3 is 2.33 bits per heavy atom. The van der Waals surface area contributed by atoms with Gasteiger partial charge in [0.25, 0.3) is 0 Å². The van der Waals surface area contributed by atoms with E-state index in [-0.39, 0.29) is 62.3 Å². The van der Waals surface area contributed by atoms with Crippen molar-refractivity contribution in [2.24, 2.45) is 22.9 Å². The number of amides is 4. The Kier molecular flexibility index (Phi) is 13.7. The molecule has 0 saturated carbocycles. The van der Waals surface area contributed by atoms with Crippen LogP contribution in [0.1, 0.15) is 56.1 Å². The molecule has 1 heterocycles. The largest absolute Gasteiger partial charge is 0.508 e. The molecule has 4 amide bonds. The highest BCUT2D eigenvalue weighted by atomic mass is 16.3. The van der Waals surface area contributed by atoms with Crippen LogP contribution in [0, 0.1) is 0 Å². The second kappa shape index (κ2) is 17.5. The summed E-state index contributed by atoms with van der Waals surface area (Å²) in [6.45, 7) is 2.71. The molecule has 1 unspecified atom stereocenters. The number of nitrogens with two attached hydrogens (primary N) is 4. The molecule has 3 rings (SSSR count). The minimum absolute atomic E-state index is 0.00365. The highest BCUT2D eigenvalue weighted by Crippen LogP contribution is 2.34. The van der Waals surface area contributed by atoms with Crippen molar-refractivity contribution in [3.63, 3.8) is 0 Å². The lowest BCUT2D eigenvalue weighted by atomic mass is 9.88. The zero-order valence-corrected chi connectivity index (χ0v) is 26.3. The Balaban J connectivity index is 1.91. The van der Waals surface area contributed by atoms with E-state index >= 15 is 0 Å². The molecule has 4 bridgehead atoms. The maximum absolute atomic E-state index is 13.6. The minimum Gasteiger partial charge on any atom is -0.508 e. The minimum atomic E-state index is -1.20. The van der Waals surface area contributed by atoms with Crippen LogP contribution in [-0.2, 0) is 25.6 Å². The lowest BCUT2D eigenvalue weighted by Crippen LogP contribution is -2.57. The summed E-state index contributed by atoms with van der Waals surface area (Å²) in [5.41, 5.74) is 25.5. The lowest BCUT2D eigenvalue weighted by Gasteiger charge is -2.28. The van der Waals surface area contributed by atoms with Gasteiger partial charge < -0.3 is 54.4 Å². The molecule has 14 heteroatoms. The lowest BCUT2D eigenvalue weighted by molar-refractivity contribution is -0.133. The molecule has 0 aromatic heterocycles. The molecule has 0 saturated heterocycles. The molecule has 5 atom stereocenters. The van der Waals surface area contributed by atoms with E-state index in [9.17, 15) is 29.4 Å². The van der Waals surface area contributed by atoms with E-state index in [2.05, 4.69) is 21.3 Å². The van der Waals surface area contributed by atoms with Gasteiger partial charge in [-0.15, -0.1) is 0 Å². The average molecular weight is 641 g/mol. The molecule has 14 N–H and O–H groups in total. The molecule has 0 radical (unpaired) electrons. The monoisotopic (exact) mass is 640 g/mol. The van der Waals surface area contributed by atoms with Crippen LogP contribution in [0.25, 0.3) is 11.1 Å². The molecule has 0 fully saturated rings. The number of phenols is 2. The number of carbonyl (C=O) groups is 4. The summed E-state index contributed by atoms with van der Waals surface area (Å²) in [6.07, 6.45) is 1.97. The van der Waals surface area contributed by atoms with Gasteiger partial charge in [-0.2, -0.15) is 0 Å². The third-order valence-electron chi connectivity index (χ3n) is 8.11. The van der Waals surface area contributed by atoms with Crippen LogP contribution >= 0.6 is 0 Å². The van der Waals surface area contributed by atoms with Gasteiger partial charge in [-0.3, -0.25) is 19.2 Å². The molecule has 0 spiro atoms. The average Bonchev–Trinajstić information content (AvgIpc) is 3.03. The first-order chi connectivity index (χ1) is 21.9. The molecule has 46 heavy (non-hydrogen) atoms. The van der Waals surface area contributed by atoms with E-state index in [1.807, 2.05) is 0 Å². The van der Waals surface area contributed by atoms with Crippen LogP contribution < -0.4 is 44.2 Å². The Labute approximate surface area is 269 Å². The zero-order valence-electron chi connectivity index (χ0n) is 26.3. The number of rotatable bonds is 12. The predicted molar refractivity (Wildman–Crippen MR) is 174 cm³/mol. The molecule has 252 valence electrons. The predicted octanol–water partition coefficient (Wildman–Crippen LogP) is -0.851. The van der Waals surface area contributed by atoms with E-state index in [1.54, 1.807) is 31.2 Å². The highest BCUT2D eigenvalue weighted by Gasteiger charge is 2.33. The van der Waals surface area contributed by atoms with Crippen LogP contribution in [0.15, 0.2) is 36.4 Å². The first-order valence-corrected chi connectivity index (χ1v) is 15.7. The summed E-state index contributed by atoms with van der Waals surface area (Å²) >= 11 is 0. The van der Waals surface area contributed by atoms with Gasteiger partial charge in [0.2, 0.25) is 23.6 Å². The molecular formula is C32H48N8O6. The number of nitrogens with one attached hydrogen (secondary N) is 4. The number of aromatic hydroxyl groups is 2. The van der Waals surface area contributed by atoms with Crippen LogP contribution in [0.3, 0.4) is 0 Å². The summed E-state index contributed by atoms with van der Waals surface area (Å²) in [5, 5.41) is 32.3. The molecule has 2 aromatic carbocycles. The molecule has 1 aliphatic rings. The van der Waals surface area contributed by atoms with Crippen molar-refractivity contribution in [3.8, 4) is 22.6 Å². The van der Waals surface area contributed by atoms with E-state index in [0.29, 0.717) is 41.6 Å². The zero-order chi connectivity index (χ0) is 33.8. The number of carbonyl (C=O) groups excluding carboxylic acids is 4. The number of hydrogen-bond donors (Lipinski definition) is 10. The van der Waals surface area contributed by atoms with E-state index in [1.165, 1.54) is 12.1 Å². The Morgan fingerprint density at radius 1 is 0.957 bits per heavy atom. The van der Waals surface area contributed by atoms with Gasteiger partial charge in [0, 0.05) is 37.9 Å². The fourth-order valence-electron chi connectivity index (χ4n) is 5.30. The van der Waals surface area contributed by atoms with Crippen molar-refractivity contribution in [2.45, 2.75) is 75.5 Å². The smallest absolute Gasteiger partial charge is 0.243 e. The standard InChI is InChI=1S/C32H48N8O6/c1-18-23-15-20(7-9-27(23)42)19-6-8-26(41)21(14-19)16-24(36)30(44)39-25(5-3-12-34)31(45)40-29(18)32(46)37-13-10-28(43)38-17-22(35)4-2-11-33/h6-9,14-15,18,22,24-25,29,41-42H,2-5,10-13,16-17,33-36H2,1H3,(H,37,46)(H,38,43)(H,39,44)(H,40,45)/t18-,22+,24+,25+,29?/m1/s1. The van der Waals surface area contributed by atoms with Crippen molar-refractivity contribution >= 4 is 23.6 Å². The molecule has 1 aliphatic heterocycles. The number of phenolic OH excluding ortho intramolecular Hbond substituents is 2. The van der Waals surface area contributed by atoms with Gasteiger partial charge in [-0.1, -0.05) is 19.1 Å². The van der Waals surface area contributed by atoms with E-state index in [4.69, 9.17) is 22.9 Å². The molecule has 14 nitrogen and oxygen atoms in total. The Hall–Kier alpha value is -4.24. The van der Waals surface area contributed by atoms with Crippen molar-refractivity contribution in [1.29, 1.82) is 0 Å². The van der Waals surface area contributed by atoms with Crippen LogP contribution in [-0.4, -0.2) is 84.2 Å². The summed E-state index contributed by atoms with van der Waals surface area (Å²) in [7, 11) is 0. The number of hydrogen-bond acceptors (Lipinski definition) is 10. The summed E-state index contributed by atoms with van der Waals surface area (Å²) in [4.78, 5) is 52.7. The maximum Gasteiger partial charge on any atom is 0.243 e. The first kappa shape index (κ1) is 36.2. The highest BCUT2D eigenvalue weighted by molar-refractivity contribution is 5.94. The molecule has 0 aliphatic carbocycles. The Bertz CT molecular complexity index is 1370. The molecule has 2 aromatic rings. The SMILES string of the molecule is C[C@@H]1c2cc(ccc2O)-c2ccc(O)c(c2)C[C@H](N)C(=O)N[C@@H](CCCN)C(=O)NC1C(=O)NCCC(=O)NC[C@@H](N)CCCN. The van der Waals surface area contributed by atoms with Crippen LogP contribution in [0.5, 0.6) is 11.5 Å². The summed E-state index contributed by atoms with van der Waals surface area (Å²) in [5.74, 6) is -3.03. The third-order valence-corrected chi connectivity index (χ3v) is 8.11. The second-order valence-corrected chi connectivity index (χ2v) is 11.7. The van der Waals surface area contributed by atoms with Gasteiger partial charge in [0.1, 0.15) is 23.6 Å². The quantitative estimate of drug-likeness (QED) is 0.137. The number of fused-ring (bicyclic) bond motifs is 5. The van der Waals surface area contributed by atoms with Crippen molar-refractivity contribution in [2.75, 3.05) is 26.2 Å². The third kappa shape index (κ3) is 10.1. The van der Waals surface area contributed by atoms with Crippen molar-refractivity contribution < 1.29 is 29.4 Å². The number of benzene rings is 2. The van der Waals surface area contributed by atoms with Gasteiger partial charge in [0.05, 0.1) is 6.04 Å².